The molecule has 2 heterocycles. The Hall–Kier alpha value is -2.34. The van der Waals surface area contributed by atoms with Gasteiger partial charge in [0.1, 0.15) is 0 Å². The SMILES string of the molecule is CC[C@@]1(CO)CCCN1C(=O)Nc1ccccc1-n1ccc(C)n1. The third kappa shape index (κ3) is 2.89. The lowest BCUT2D eigenvalue weighted by atomic mass is 9.94. The molecule has 0 aliphatic carbocycles. The van der Waals surface area contributed by atoms with Crippen molar-refractivity contribution < 1.29 is 9.90 Å². The van der Waals surface area contributed by atoms with Gasteiger partial charge in [0.2, 0.25) is 0 Å². The second-order valence-corrected chi connectivity index (χ2v) is 6.34. The molecule has 24 heavy (non-hydrogen) atoms. The highest BCUT2D eigenvalue weighted by Gasteiger charge is 2.41. The van der Waals surface area contributed by atoms with E-state index < -0.39 is 5.54 Å². The van der Waals surface area contributed by atoms with Crippen molar-refractivity contribution in [3.63, 3.8) is 0 Å². The van der Waals surface area contributed by atoms with Gasteiger partial charge in [0.15, 0.2) is 0 Å². The second kappa shape index (κ2) is 6.65. The fourth-order valence-corrected chi connectivity index (χ4v) is 3.41. The molecular weight excluding hydrogens is 304 g/mol. The molecule has 2 N–H and O–H groups in total. The van der Waals surface area contributed by atoms with E-state index in [4.69, 9.17) is 0 Å². The summed E-state index contributed by atoms with van der Waals surface area (Å²) in [7, 11) is 0. The molecule has 6 nitrogen and oxygen atoms in total. The number of aliphatic hydroxyl groups is 1. The third-order valence-electron chi connectivity index (χ3n) is 4.91. The molecule has 1 aromatic carbocycles. The monoisotopic (exact) mass is 328 g/mol. The number of hydrogen-bond acceptors (Lipinski definition) is 3. The van der Waals surface area contributed by atoms with Gasteiger partial charge in [-0.25, -0.2) is 9.48 Å². The molecule has 1 aliphatic heterocycles. The zero-order valence-electron chi connectivity index (χ0n) is 14.2. The van der Waals surface area contributed by atoms with Crippen LogP contribution in [0.2, 0.25) is 0 Å². The van der Waals surface area contributed by atoms with Crippen molar-refractivity contribution in [1.29, 1.82) is 0 Å². The Morgan fingerprint density at radius 3 is 2.83 bits per heavy atom. The predicted octanol–water partition coefficient (Wildman–Crippen LogP) is 2.95. The number of anilines is 1. The number of para-hydroxylation sites is 2. The highest BCUT2D eigenvalue weighted by Crippen LogP contribution is 2.33. The van der Waals surface area contributed by atoms with Crippen LogP contribution >= 0.6 is 0 Å². The highest BCUT2D eigenvalue weighted by atomic mass is 16.3. The van der Waals surface area contributed by atoms with Gasteiger partial charge < -0.3 is 15.3 Å². The average molecular weight is 328 g/mol. The maximum Gasteiger partial charge on any atom is 0.322 e. The number of amides is 2. The van der Waals surface area contributed by atoms with Crippen LogP contribution < -0.4 is 5.32 Å². The summed E-state index contributed by atoms with van der Waals surface area (Å²) < 4.78 is 1.76. The normalized spacial score (nSPS) is 20.4. The Morgan fingerprint density at radius 2 is 2.17 bits per heavy atom. The number of carbonyl (C=O) groups excluding carboxylic acids is 1. The number of rotatable bonds is 4. The van der Waals surface area contributed by atoms with Crippen LogP contribution in [0.5, 0.6) is 0 Å². The van der Waals surface area contributed by atoms with Crippen molar-refractivity contribution >= 4 is 11.7 Å². The van der Waals surface area contributed by atoms with Crippen LogP contribution in [-0.4, -0.2) is 44.5 Å². The lowest BCUT2D eigenvalue weighted by Gasteiger charge is -2.36. The molecule has 0 spiro atoms. The Kier molecular flexibility index (Phi) is 4.57. The summed E-state index contributed by atoms with van der Waals surface area (Å²) in [5.41, 5.74) is 2.01. The van der Waals surface area contributed by atoms with Crippen LogP contribution in [-0.2, 0) is 0 Å². The first-order valence-electron chi connectivity index (χ1n) is 8.41. The number of nitrogens with one attached hydrogen (secondary N) is 1. The van der Waals surface area contributed by atoms with Crippen LogP contribution in [0.1, 0.15) is 31.9 Å². The minimum Gasteiger partial charge on any atom is -0.394 e. The number of carbonyl (C=O) groups is 1. The number of aliphatic hydroxyl groups excluding tert-OH is 1. The van der Waals surface area contributed by atoms with Crippen molar-refractivity contribution in [3.8, 4) is 5.69 Å². The Bertz CT molecular complexity index is 721. The van der Waals surface area contributed by atoms with Gasteiger partial charge in [0, 0.05) is 12.7 Å². The van der Waals surface area contributed by atoms with E-state index in [0.29, 0.717) is 12.2 Å². The quantitative estimate of drug-likeness (QED) is 0.906. The Morgan fingerprint density at radius 1 is 1.38 bits per heavy atom. The van der Waals surface area contributed by atoms with Crippen LogP contribution in [0, 0.1) is 6.92 Å². The van der Waals surface area contributed by atoms with Crippen molar-refractivity contribution in [1.82, 2.24) is 14.7 Å². The first-order valence-corrected chi connectivity index (χ1v) is 8.41. The number of likely N-dealkylation sites (tertiary alicyclic amines) is 1. The van der Waals surface area contributed by atoms with E-state index in [1.54, 1.807) is 9.58 Å². The van der Waals surface area contributed by atoms with Gasteiger partial charge in [-0.05, 0) is 44.4 Å². The largest absolute Gasteiger partial charge is 0.394 e. The van der Waals surface area contributed by atoms with Gasteiger partial charge >= 0.3 is 6.03 Å². The van der Waals surface area contributed by atoms with Crippen molar-refractivity contribution in [2.45, 2.75) is 38.6 Å². The van der Waals surface area contributed by atoms with Gasteiger partial charge in [-0.3, -0.25) is 0 Å². The summed E-state index contributed by atoms with van der Waals surface area (Å²) in [6.45, 7) is 4.61. The standard InChI is InChI=1S/C18H24N4O2/c1-3-18(13-23)10-6-11-21(18)17(24)19-15-7-4-5-8-16(15)22-12-9-14(2)20-22/h4-5,7-9,12,23H,3,6,10-11,13H2,1-2H3,(H,19,24)/t18-/m0/s1. The minimum atomic E-state index is -0.443. The molecule has 128 valence electrons. The lowest BCUT2D eigenvalue weighted by molar-refractivity contribution is 0.0867. The minimum absolute atomic E-state index is 0.00306. The van der Waals surface area contributed by atoms with Crippen molar-refractivity contribution in [3.05, 3.63) is 42.2 Å². The van der Waals surface area contributed by atoms with Crippen LogP contribution in [0.15, 0.2) is 36.5 Å². The summed E-state index contributed by atoms with van der Waals surface area (Å²) in [4.78, 5) is 14.6. The van der Waals surface area contributed by atoms with E-state index in [-0.39, 0.29) is 12.6 Å². The zero-order valence-corrected chi connectivity index (χ0v) is 14.2. The Labute approximate surface area is 142 Å². The van der Waals surface area contributed by atoms with Crippen molar-refractivity contribution in [2.75, 3.05) is 18.5 Å². The molecule has 1 fully saturated rings. The number of urea groups is 1. The fraction of sp³-hybridized carbons (Fsp3) is 0.444. The fourth-order valence-electron chi connectivity index (χ4n) is 3.41. The molecular formula is C18H24N4O2. The molecule has 3 rings (SSSR count). The van der Waals surface area contributed by atoms with Gasteiger partial charge in [0.25, 0.3) is 0 Å². The van der Waals surface area contributed by atoms with E-state index in [9.17, 15) is 9.90 Å². The number of aryl methyl sites for hydroxylation is 1. The molecule has 0 bridgehead atoms. The summed E-state index contributed by atoms with van der Waals surface area (Å²) in [6, 6.07) is 9.35. The van der Waals surface area contributed by atoms with E-state index >= 15 is 0 Å². The number of benzene rings is 1. The molecule has 0 saturated carbocycles. The van der Waals surface area contributed by atoms with Crippen LogP contribution in [0.25, 0.3) is 5.69 Å². The zero-order chi connectivity index (χ0) is 17.2. The third-order valence-corrected chi connectivity index (χ3v) is 4.91. The smallest absolute Gasteiger partial charge is 0.322 e. The van der Waals surface area contributed by atoms with Gasteiger partial charge in [-0.2, -0.15) is 5.10 Å². The van der Waals surface area contributed by atoms with E-state index in [2.05, 4.69) is 10.4 Å². The number of aromatic nitrogens is 2. The van der Waals surface area contributed by atoms with E-state index in [1.165, 1.54) is 0 Å². The predicted molar refractivity (Wildman–Crippen MR) is 93.4 cm³/mol. The van der Waals surface area contributed by atoms with Crippen LogP contribution in [0.4, 0.5) is 10.5 Å². The molecule has 0 unspecified atom stereocenters. The van der Waals surface area contributed by atoms with E-state index in [0.717, 1.165) is 30.6 Å². The molecule has 1 atom stereocenters. The van der Waals surface area contributed by atoms with E-state index in [1.807, 2.05) is 50.4 Å². The van der Waals surface area contributed by atoms with Gasteiger partial charge in [-0.15, -0.1) is 0 Å². The van der Waals surface area contributed by atoms with Gasteiger partial charge in [0.05, 0.1) is 29.2 Å². The number of nitrogens with zero attached hydrogens (tertiary/aromatic N) is 3. The first kappa shape index (κ1) is 16.5. The average Bonchev–Trinajstić information content (AvgIpc) is 3.22. The topological polar surface area (TPSA) is 70.4 Å². The molecule has 1 saturated heterocycles. The summed E-state index contributed by atoms with van der Waals surface area (Å²) >= 11 is 0. The maximum absolute atomic E-state index is 12.8. The van der Waals surface area contributed by atoms with Crippen molar-refractivity contribution in [2.24, 2.45) is 0 Å². The van der Waals surface area contributed by atoms with Gasteiger partial charge in [-0.1, -0.05) is 19.1 Å². The van der Waals surface area contributed by atoms with Crippen LogP contribution in [0.3, 0.4) is 0 Å². The summed E-state index contributed by atoms with van der Waals surface area (Å²) in [6.07, 6.45) is 4.38. The highest BCUT2D eigenvalue weighted by molar-refractivity contribution is 5.92. The lowest BCUT2D eigenvalue weighted by Crippen LogP contribution is -2.51. The molecule has 2 aromatic rings. The Balaban J connectivity index is 1.85. The summed E-state index contributed by atoms with van der Waals surface area (Å²) in [5.74, 6) is 0. The molecule has 1 aromatic heterocycles. The second-order valence-electron chi connectivity index (χ2n) is 6.34. The first-order chi connectivity index (χ1) is 11.6. The number of hydrogen-bond donors (Lipinski definition) is 2. The summed E-state index contributed by atoms with van der Waals surface area (Å²) in [5, 5.41) is 17.2. The molecule has 2 amide bonds. The molecule has 6 heteroatoms. The molecule has 0 radical (unpaired) electrons. The maximum atomic E-state index is 12.8. The molecule has 1 aliphatic rings.